The standard InChI is InChI=1S/C12H10N3O/c16-12(14-10-6-2-1-3-7-10)15-11-8-4-5-9-13-11/h2-9H,(H2,13,14,15,16). The van der Waals surface area contributed by atoms with Crippen LogP contribution in [0.15, 0.2) is 48.7 Å². The van der Waals surface area contributed by atoms with Gasteiger partial charge in [-0.05, 0) is 30.3 Å². The lowest BCUT2D eigenvalue weighted by molar-refractivity contribution is 0.262. The Balaban J connectivity index is 1.95. The third-order valence-corrected chi connectivity index (χ3v) is 1.88. The molecule has 1 radical (unpaired) electrons. The van der Waals surface area contributed by atoms with E-state index >= 15 is 0 Å². The van der Waals surface area contributed by atoms with Crippen molar-refractivity contribution >= 4 is 17.5 Å². The number of benzene rings is 1. The van der Waals surface area contributed by atoms with E-state index in [1.807, 2.05) is 0 Å². The molecule has 0 aliphatic heterocycles. The van der Waals surface area contributed by atoms with Crippen LogP contribution in [-0.2, 0) is 0 Å². The normalized spacial score (nSPS) is 9.50. The van der Waals surface area contributed by atoms with E-state index in [2.05, 4.69) is 21.7 Å². The number of rotatable bonds is 2. The SMILES string of the molecule is O=C(Nc1cc[c]cc1)Nc1ccccn1. The lowest BCUT2D eigenvalue weighted by atomic mass is 10.3. The van der Waals surface area contributed by atoms with Gasteiger partial charge < -0.3 is 5.32 Å². The fourth-order valence-electron chi connectivity index (χ4n) is 1.19. The second kappa shape index (κ2) is 4.93. The van der Waals surface area contributed by atoms with E-state index < -0.39 is 0 Å². The zero-order valence-electron chi connectivity index (χ0n) is 8.47. The highest BCUT2D eigenvalue weighted by atomic mass is 16.2. The first-order valence-electron chi connectivity index (χ1n) is 4.80. The number of pyridine rings is 1. The minimum atomic E-state index is -0.315. The lowest BCUT2D eigenvalue weighted by Crippen LogP contribution is -2.19. The molecule has 4 heteroatoms. The maximum atomic E-state index is 11.5. The Morgan fingerprint density at radius 2 is 1.94 bits per heavy atom. The number of nitrogens with zero attached hydrogens (tertiary/aromatic N) is 1. The number of aromatic nitrogens is 1. The molecule has 16 heavy (non-hydrogen) atoms. The monoisotopic (exact) mass is 212 g/mol. The summed E-state index contributed by atoms with van der Waals surface area (Å²) in [5, 5.41) is 5.30. The van der Waals surface area contributed by atoms with Gasteiger partial charge in [-0.2, -0.15) is 0 Å². The average Bonchev–Trinajstić information content (AvgIpc) is 2.31. The maximum absolute atomic E-state index is 11.5. The van der Waals surface area contributed by atoms with Crippen LogP contribution in [0.25, 0.3) is 0 Å². The Hall–Kier alpha value is -2.36. The van der Waals surface area contributed by atoms with Crippen LogP contribution in [0.5, 0.6) is 0 Å². The van der Waals surface area contributed by atoms with Crippen molar-refractivity contribution in [3.63, 3.8) is 0 Å². The highest BCUT2D eigenvalue weighted by Gasteiger charge is 2.01. The molecular formula is C12H10N3O. The van der Waals surface area contributed by atoms with Crippen LogP contribution in [0.4, 0.5) is 16.3 Å². The highest BCUT2D eigenvalue weighted by Crippen LogP contribution is 2.06. The summed E-state index contributed by atoms with van der Waals surface area (Å²) in [6.45, 7) is 0. The maximum Gasteiger partial charge on any atom is 0.324 e. The number of amides is 2. The first kappa shape index (κ1) is 10.2. The number of carbonyl (C=O) groups excluding carboxylic acids is 1. The molecule has 0 fully saturated rings. The lowest BCUT2D eigenvalue weighted by Gasteiger charge is -2.05. The molecule has 4 nitrogen and oxygen atoms in total. The molecule has 79 valence electrons. The molecule has 2 N–H and O–H groups in total. The molecule has 0 unspecified atom stereocenters. The van der Waals surface area contributed by atoms with E-state index in [1.54, 1.807) is 48.7 Å². The second-order valence-corrected chi connectivity index (χ2v) is 3.08. The molecule has 1 heterocycles. The summed E-state index contributed by atoms with van der Waals surface area (Å²) in [7, 11) is 0. The third kappa shape index (κ3) is 2.81. The Morgan fingerprint density at radius 3 is 2.62 bits per heavy atom. The summed E-state index contributed by atoms with van der Waals surface area (Å²) in [5.74, 6) is 0.516. The molecular weight excluding hydrogens is 202 g/mol. The van der Waals surface area contributed by atoms with E-state index in [4.69, 9.17) is 0 Å². The molecule has 0 aliphatic rings. The molecule has 0 bridgehead atoms. The molecule has 0 spiro atoms. The summed E-state index contributed by atoms with van der Waals surface area (Å²) in [6, 6.07) is 14.9. The van der Waals surface area contributed by atoms with Gasteiger partial charge in [-0.15, -0.1) is 0 Å². The summed E-state index contributed by atoms with van der Waals surface area (Å²) >= 11 is 0. The van der Waals surface area contributed by atoms with E-state index in [0.29, 0.717) is 11.5 Å². The smallest absolute Gasteiger partial charge is 0.308 e. The van der Waals surface area contributed by atoms with Crippen LogP contribution in [0.2, 0.25) is 0 Å². The molecule has 2 aromatic rings. The Bertz CT molecular complexity index is 413. The van der Waals surface area contributed by atoms with Gasteiger partial charge in [0, 0.05) is 11.9 Å². The molecule has 0 saturated carbocycles. The molecule has 2 rings (SSSR count). The van der Waals surface area contributed by atoms with Gasteiger partial charge in [-0.3, -0.25) is 5.32 Å². The van der Waals surface area contributed by atoms with Gasteiger partial charge in [0.05, 0.1) is 0 Å². The van der Waals surface area contributed by atoms with E-state index in [0.717, 1.165) is 0 Å². The zero-order valence-corrected chi connectivity index (χ0v) is 8.47. The van der Waals surface area contributed by atoms with Crippen molar-refractivity contribution in [3.8, 4) is 0 Å². The van der Waals surface area contributed by atoms with Crippen molar-refractivity contribution in [2.75, 3.05) is 10.6 Å². The van der Waals surface area contributed by atoms with Crippen molar-refractivity contribution in [1.29, 1.82) is 0 Å². The first-order chi connectivity index (χ1) is 7.84. The molecule has 2 amide bonds. The zero-order chi connectivity index (χ0) is 11.2. The predicted molar refractivity (Wildman–Crippen MR) is 62.2 cm³/mol. The quantitative estimate of drug-likeness (QED) is 0.803. The van der Waals surface area contributed by atoms with Crippen molar-refractivity contribution in [3.05, 3.63) is 54.7 Å². The van der Waals surface area contributed by atoms with E-state index in [-0.39, 0.29) is 6.03 Å². The Labute approximate surface area is 93.3 Å². The number of anilines is 2. The summed E-state index contributed by atoms with van der Waals surface area (Å²) in [5.41, 5.74) is 0.715. The number of urea groups is 1. The summed E-state index contributed by atoms with van der Waals surface area (Å²) < 4.78 is 0. The summed E-state index contributed by atoms with van der Waals surface area (Å²) in [4.78, 5) is 15.5. The van der Waals surface area contributed by atoms with Crippen LogP contribution in [0.1, 0.15) is 0 Å². The Morgan fingerprint density at radius 1 is 1.12 bits per heavy atom. The Kier molecular flexibility index (Phi) is 3.13. The van der Waals surface area contributed by atoms with Crippen molar-refractivity contribution in [1.82, 2.24) is 4.98 Å². The number of hydrogen-bond acceptors (Lipinski definition) is 2. The third-order valence-electron chi connectivity index (χ3n) is 1.88. The number of carbonyl (C=O) groups is 1. The van der Waals surface area contributed by atoms with Crippen LogP contribution in [0, 0.1) is 6.07 Å². The van der Waals surface area contributed by atoms with Gasteiger partial charge in [-0.25, -0.2) is 9.78 Å². The van der Waals surface area contributed by atoms with E-state index in [1.165, 1.54) is 0 Å². The van der Waals surface area contributed by atoms with Gasteiger partial charge in [-0.1, -0.05) is 18.2 Å². The van der Waals surface area contributed by atoms with Crippen molar-refractivity contribution in [2.45, 2.75) is 0 Å². The fraction of sp³-hybridized carbons (Fsp3) is 0. The molecule has 1 aromatic carbocycles. The van der Waals surface area contributed by atoms with Crippen molar-refractivity contribution < 1.29 is 4.79 Å². The highest BCUT2D eigenvalue weighted by molar-refractivity contribution is 5.99. The van der Waals surface area contributed by atoms with Crippen LogP contribution >= 0.6 is 0 Å². The predicted octanol–water partition coefficient (Wildman–Crippen LogP) is 2.53. The van der Waals surface area contributed by atoms with Crippen LogP contribution in [0.3, 0.4) is 0 Å². The van der Waals surface area contributed by atoms with Gasteiger partial charge in [0.2, 0.25) is 0 Å². The minimum Gasteiger partial charge on any atom is -0.308 e. The largest absolute Gasteiger partial charge is 0.324 e. The van der Waals surface area contributed by atoms with Crippen LogP contribution < -0.4 is 10.6 Å². The minimum absolute atomic E-state index is 0.315. The van der Waals surface area contributed by atoms with Gasteiger partial charge in [0.1, 0.15) is 5.82 Å². The number of nitrogens with one attached hydrogen (secondary N) is 2. The second-order valence-electron chi connectivity index (χ2n) is 3.08. The van der Waals surface area contributed by atoms with E-state index in [9.17, 15) is 4.79 Å². The van der Waals surface area contributed by atoms with Crippen molar-refractivity contribution in [2.24, 2.45) is 0 Å². The van der Waals surface area contributed by atoms with Gasteiger partial charge >= 0.3 is 6.03 Å². The first-order valence-corrected chi connectivity index (χ1v) is 4.80. The van der Waals surface area contributed by atoms with Gasteiger partial charge in [0.25, 0.3) is 0 Å². The van der Waals surface area contributed by atoms with Gasteiger partial charge in [0.15, 0.2) is 0 Å². The molecule has 0 aliphatic carbocycles. The molecule has 1 aromatic heterocycles. The average molecular weight is 212 g/mol. The fourth-order valence-corrected chi connectivity index (χ4v) is 1.19. The molecule has 0 atom stereocenters. The molecule has 0 saturated heterocycles. The topological polar surface area (TPSA) is 54.0 Å². The van der Waals surface area contributed by atoms with Crippen LogP contribution in [-0.4, -0.2) is 11.0 Å². The number of hydrogen-bond donors (Lipinski definition) is 2. The summed E-state index contributed by atoms with van der Waals surface area (Å²) in [6.07, 6.45) is 1.62.